The van der Waals surface area contributed by atoms with E-state index < -0.39 is 11.9 Å². The molecule has 0 radical (unpaired) electrons. The van der Waals surface area contributed by atoms with Crippen LogP contribution in [0.4, 0.5) is 28.0 Å². The number of amides is 3. The minimum absolute atomic E-state index is 0.0113. The highest BCUT2D eigenvalue weighted by molar-refractivity contribution is 8.01. The van der Waals surface area contributed by atoms with E-state index in [9.17, 15) is 27.2 Å². The van der Waals surface area contributed by atoms with Crippen molar-refractivity contribution in [2.24, 2.45) is 0 Å². The Hall–Kier alpha value is -4.59. The summed E-state index contributed by atoms with van der Waals surface area (Å²) in [6.45, 7) is 3.86. The smallest absolute Gasteiger partial charge is 0.406 e. The van der Waals surface area contributed by atoms with Crippen LogP contribution in [-0.2, 0) is 4.79 Å². The topological polar surface area (TPSA) is 101 Å². The highest BCUT2D eigenvalue weighted by Crippen LogP contribution is 2.37. The van der Waals surface area contributed by atoms with E-state index in [2.05, 4.69) is 25.5 Å². The Kier molecular flexibility index (Phi) is 9.13. The summed E-state index contributed by atoms with van der Waals surface area (Å²) in [5.41, 5.74) is 3.14. The molecule has 3 amide bonds. The molecule has 9 nitrogen and oxygen atoms in total. The van der Waals surface area contributed by atoms with Crippen LogP contribution >= 0.6 is 11.8 Å². The number of nitrogens with one attached hydrogen (secondary N) is 2. The lowest BCUT2D eigenvalue weighted by atomic mass is 9.96. The van der Waals surface area contributed by atoms with E-state index in [1.165, 1.54) is 59.2 Å². The molecule has 0 bridgehead atoms. The highest BCUT2D eigenvalue weighted by Gasteiger charge is 2.36. The fourth-order valence-corrected chi connectivity index (χ4v) is 6.99. The lowest BCUT2D eigenvalue weighted by Crippen LogP contribution is -2.50. The molecule has 1 aliphatic carbocycles. The number of hydrogen-bond donors (Lipinski definition) is 2. The molecule has 2 aliphatic rings. The Morgan fingerprint density at radius 1 is 1.02 bits per heavy atom. The molecule has 0 spiro atoms. The first kappa shape index (κ1) is 32.4. The van der Waals surface area contributed by atoms with Gasteiger partial charge in [0.15, 0.2) is 11.3 Å². The first-order valence-electron chi connectivity index (χ1n) is 15.1. The Morgan fingerprint density at radius 3 is 2.47 bits per heavy atom. The number of alkyl halides is 3. The quantitative estimate of drug-likeness (QED) is 0.195. The third-order valence-electron chi connectivity index (χ3n) is 8.23. The predicted octanol–water partition coefficient (Wildman–Crippen LogP) is 7.09. The van der Waals surface area contributed by atoms with E-state index in [4.69, 9.17) is 0 Å². The summed E-state index contributed by atoms with van der Waals surface area (Å²) in [4.78, 5) is 31.7. The summed E-state index contributed by atoms with van der Waals surface area (Å²) in [5, 5.41) is 10.4. The number of hydrogen-bond acceptors (Lipinski definition) is 6. The van der Waals surface area contributed by atoms with Crippen molar-refractivity contribution >= 4 is 29.4 Å². The summed E-state index contributed by atoms with van der Waals surface area (Å²) in [5.74, 6) is 0.0713. The van der Waals surface area contributed by atoms with Crippen LogP contribution in [0, 0.1) is 5.82 Å². The van der Waals surface area contributed by atoms with Gasteiger partial charge in [0.1, 0.15) is 17.9 Å². The van der Waals surface area contributed by atoms with Crippen molar-refractivity contribution in [2.45, 2.75) is 62.8 Å². The van der Waals surface area contributed by atoms with Crippen molar-refractivity contribution in [3.63, 3.8) is 0 Å². The predicted molar refractivity (Wildman–Crippen MR) is 170 cm³/mol. The zero-order valence-corrected chi connectivity index (χ0v) is 26.3. The molecule has 1 saturated carbocycles. The Labute approximate surface area is 272 Å². The van der Waals surface area contributed by atoms with Crippen LogP contribution in [0.5, 0.6) is 5.75 Å². The number of thioether (sulfide) groups is 1. The summed E-state index contributed by atoms with van der Waals surface area (Å²) >= 11 is 1.32. The normalized spacial score (nSPS) is 19.8. The number of benzene rings is 3. The van der Waals surface area contributed by atoms with Crippen molar-refractivity contribution in [3.8, 4) is 22.8 Å². The van der Waals surface area contributed by atoms with E-state index in [0.29, 0.717) is 22.8 Å². The van der Waals surface area contributed by atoms with Crippen LogP contribution in [0.1, 0.15) is 56.1 Å². The second kappa shape index (κ2) is 13.3. The molecule has 1 aromatic heterocycles. The summed E-state index contributed by atoms with van der Waals surface area (Å²) in [7, 11) is 0. The van der Waals surface area contributed by atoms with Crippen molar-refractivity contribution in [1.29, 1.82) is 0 Å². The molecule has 2 heterocycles. The van der Waals surface area contributed by atoms with Crippen molar-refractivity contribution in [1.82, 2.24) is 25.4 Å². The molecule has 246 valence electrons. The maximum absolute atomic E-state index is 14.0. The molecule has 1 aliphatic heterocycles. The number of anilines is 1. The number of halogens is 4. The Morgan fingerprint density at radius 2 is 1.77 bits per heavy atom. The van der Waals surface area contributed by atoms with Gasteiger partial charge >= 0.3 is 12.4 Å². The van der Waals surface area contributed by atoms with Crippen molar-refractivity contribution in [3.05, 3.63) is 90.0 Å². The molecule has 6 rings (SSSR count). The monoisotopic (exact) mass is 668 g/mol. The van der Waals surface area contributed by atoms with Gasteiger partial charge < -0.3 is 15.4 Å². The van der Waals surface area contributed by atoms with Gasteiger partial charge in [-0.25, -0.2) is 18.9 Å². The average Bonchev–Trinajstić information content (AvgIpc) is 3.78. The van der Waals surface area contributed by atoms with Gasteiger partial charge in [0.05, 0.1) is 17.1 Å². The molecule has 2 N–H and O–H groups in total. The maximum Gasteiger partial charge on any atom is 0.573 e. The van der Waals surface area contributed by atoms with Gasteiger partial charge in [-0.2, -0.15) is 0 Å². The van der Waals surface area contributed by atoms with Crippen LogP contribution in [0.15, 0.2) is 73.1 Å². The lowest BCUT2D eigenvalue weighted by molar-refractivity contribution is -0.274. The van der Waals surface area contributed by atoms with Crippen molar-refractivity contribution < 1.29 is 31.9 Å². The van der Waals surface area contributed by atoms with E-state index >= 15 is 0 Å². The minimum Gasteiger partial charge on any atom is -0.406 e. The Balaban J connectivity index is 1.04. The van der Waals surface area contributed by atoms with Crippen LogP contribution in [0.3, 0.4) is 0 Å². The van der Waals surface area contributed by atoms with E-state index in [0.717, 1.165) is 30.4 Å². The van der Waals surface area contributed by atoms with Crippen molar-refractivity contribution in [2.75, 3.05) is 10.7 Å². The minimum atomic E-state index is -4.76. The number of carbonyl (C=O) groups is 2. The number of carbonyl (C=O) groups excluding carboxylic acids is 2. The van der Waals surface area contributed by atoms with Gasteiger partial charge in [-0.3, -0.25) is 9.69 Å². The molecular weight excluding hydrogens is 636 g/mol. The second-order valence-corrected chi connectivity index (χ2v) is 12.9. The van der Waals surface area contributed by atoms with Crippen LogP contribution in [0.2, 0.25) is 0 Å². The summed E-state index contributed by atoms with van der Waals surface area (Å²) in [6, 6.07) is 17.2. The number of aromatic nitrogens is 3. The fraction of sp³-hybridized carbons (Fsp3) is 0.333. The molecule has 2 fully saturated rings. The zero-order valence-electron chi connectivity index (χ0n) is 25.5. The first-order valence-corrected chi connectivity index (χ1v) is 16.2. The van der Waals surface area contributed by atoms with Crippen LogP contribution < -0.4 is 20.3 Å². The van der Waals surface area contributed by atoms with E-state index in [-0.39, 0.29) is 47.1 Å². The second-order valence-electron chi connectivity index (χ2n) is 11.8. The number of ether oxygens (including phenoxy) is 1. The average molecular weight is 669 g/mol. The molecule has 14 heteroatoms. The van der Waals surface area contributed by atoms with Gasteiger partial charge in [-0.15, -0.1) is 30.0 Å². The molecular formula is C33H32F4N6O3S. The highest BCUT2D eigenvalue weighted by atomic mass is 32.2. The summed E-state index contributed by atoms with van der Waals surface area (Å²) < 4.78 is 56.7. The SMILES string of the molecule is CC(C)c1cc(F)ccc1N1C(=O)CSC1NC(=O)NC1CCC(c2ccc(-c3ncn(-c4ccc(OC(F)(F)F)cc4)n3)cc2)C1. The molecule has 3 aromatic carbocycles. The van der Waals surface area contributed by atoms with E-state index in [1.807, 2.05) is 38.1 Å². The largest absolute Gasteiger partial charge is 0.573 e. The fourth-order valence-electron chi connectivity index (χ4n) is 5.98. The van der Waals surface area contributed by atoms with Crippen LogP contribution in [-0.4, -0.2) is 50.4 Å². The maximum atomic E-state index is 14.0. The summed E-state index contributed by atoms with van der Waals surface area (Å²) in [6.07, 6.45) is -0.827. The third kappa shape index (κ3) is 7.53. The van der Waals surface area contributed by atoms with Gasteiger partial charge in [0.2, 0.25) is 5.91 Å². The van der Waals surface area contributed by atoms with Gasteiger partial charge in [0.25, 0.3) is 0 Å². The van der Waals surface area contributed by atoms with Gasteiger partial charge in [-0.05, 0) is 84.7 Å². The first-order chi connectivity index (χ1) is 22.4. The molecule has 3 unspecified atom stereocenters. The molecule has 3 atom stereocenters. The molecule has 47 heavy (non-hydrogen) atoms. The molecule has 1 saturated heterocycles. The number of urea groups is 1. The van der Waals surface area contributed by atoms with Gasteiger partial charge in [0, 0.05) is 11.6 Å². The standard InChI is InChI=1S/C33H32F4N6O3S/c1-19(2)27-16-23(34)8-14-28(27)43-29(44)17-47-32(43)40-31(45)39-24-9-7-22(15-24)20-3-5-21(6-4-20)30-38-18-42(41-30)25-10-12-26(13-11-25)46-33(35,36)37/h3-6,8,10-14,16,18-19,22,24,32H,7,9,15,17H2,1-2H3,(H2,39,40,45). The molecule has 4 aromatic rings. The van der Waals surface area contributed by atoms with Gasteiger partial charge in [-0.1, -0.05) is 38.1 Å². The van der Waals surface area contributed by atoms with E-state index in [1.54, 1.807) is 11.0 Å². The third-order valence-corrected chi connectivity index (χ3v) is 9.29. The van der Waals surface area contributed by atoms with Crippen LogP contribution in [0.25, 0.3) is 17.1 Å². The Bertz CT molecular complexity index is 1750. The number of nitrogens with zero attached hydrogens (tertiary/aromatic N) is 4. The zero-order chi connectivity index (χ0) is 33.3. The lowest BCUT2D eigenvalue weighted by Gasteiger charge is -2.28. The number of rotatable bonds is 8.